The van der Waals surface area contributed by atoms with E-state index in [4.69, 9.17) is 0 Å². The monoisotopic (exact) mass is 298 g/mol. The number of rotatable bonds is 6. The second-order valence-corrected chi connectivity index (χ2v) is 5.29. The van der Waals surface area contributed by atoms with E-state index in [0.717, 1.165) is 12.0 Å². The molecule has 0 bridgehead atoms. The maximum Gasteiger partial charge on any atom is 0.315 e. The summed E-state index contributed by atoms with van der Waals surface area (Å²) in [5.41, 5.74) is 3.30. The van der Waals surface area contributed by atoms with Gasteiger partial charge in [-0.25, -0.2) is 4.79 Å². The SMILES string of the molecule is Cc1cccc(CCNC(=O)NC(CO)c2ccccc2)c1. The lowest BCUT2D eigenvalue weighted by atomic mass is 10.1. The minimum atomic E-state index is -0.389. The van der Waals surface area contributed by atoms with Crippen molar-refractivity contribution in [2.75, 3.05) is 13.2 Å². The van der Waals surface area contributed by atoms with Gasteiger partial charge in [0, 0.05) is 6.54 Å². The fourth-order valence-corrected chi connectivity index (χ4v) is 2.32. The predicted molar refractivity (Wildman–Crippen MR) is 87.7 cm³/mol. The molecule has 3 N–H and O–H groups in total. The van der Waals surface area contributed by atoms with Crippen molar-refractivity contribution in [2.24, 2.45) is 0 Å². The van der Waals surface area contributed by atoms with Gasteiger partial charge in [0.1, 0.15) is 0 Å². The number of aliphatic hydroxyl groups is 1. The zero-order valence-electron chi connectivity index (χ0n) is 12.8. The van der Waals surface area contributed by atoms with E-state index in [0.29, 0.717) is 6.54 Å². The van der Waals surface area contributed by atoms with Crippen LogP contribution in [0.3, 0.4) is 0 Å². The van der Waals surface area contributed by atoms with E-state index >= 15 is 0 Å². The van der Waals surface area contributed by atoms with Crippen LogP contribution in [-0.2, 0) is 6.42 Å². The number of hydrogen-bond donors (Lipinski definition) is 3. The molecular weight excluding hydrogens is 276 g/mol. The van der Waals surface area contributed by atoms with E-state index in [1.165, 1.54) is 11.1 Å². The van der Waals surface area contributed by atoms with Crippen LogP contribution in [0.2, 0.25) is 0 Å². The van der Waals surface area contributed by atoms with Gasteiger partial charge in [0.15, 0.2) is 0 Å². The fraction of sp³-hybridized carbons (Fsp3) is 0.278. The number of hydrogen-bond acceptors (Lipinski definition) is 2. The van der Waals surface area contributed by atoms with E-state index in [-0.39, 0.29) is 18.7 Å². The van der Waals surface area contributed by atoms with Gasteiger partial charge in [0.05, 0.1) is 12.6 Å². The first-order chi connectivity index (χ1) is 10.7. The molecular formula is C18H22N2O2. The van der Waals surface area contributed by atoms with Crippen LogP contribution in [0.25, 0.3) is 0 Å². The highest BCUT2D eigenvalue weighted by Gasteiger charge is 2.12. The number of nitrogens with one attached hydrogen (secondary N) is 2. The number of carbonyl (C=O) groups is 1. The minimum absolute atomic E-state index is 0.130. The topological polar surface area (TPSA) is 61.4 Å². The van der Waals surface area contributed by atoms with Crippen LogP contribution in [0.15, 0.2) is 54.6 Å². The molecule has 2 amide bonds. The van der Waals surface area contributed by atoms with Crippen molar-refractivity contribution >= 4 is 6.03 Å². The maximum atomic E-state index is 11.9. The molecule has 4 nitrogen and oxygen atoms in total. The van der Waals surface area contributed by atoms with Gasteiger partial charge in [-0.05, 0) is 24.5 Å². The number of aliphatic hydroxyl groups excluding tert-OH is 1. The van der Waals surface area contributed by atoms with Gasteiger partial charge < -0.3 is 15.7 Å². The first kappa shape index (κ1) is 16.0. The van der Waals surface area contributed by atoms with Crippen molar-refractivity contribution in [2.45, 2.75) is 19.4 Å². The molecule has 0 aromatic heterocycles. The highest BCUT2D eigenvalue weighted by molar-refractivity contribution is 5.74. The summed E-state index contributed by atoms with van der Waals surface area (Å²) in [6.45, 7) is 2.48. The molecule has 0 aliphatic carbocycles. The lowest BCUT2D eigenvalue weighted by Crippen LogP contribution is -2.40. The van der Waals surface area contributed by atoms with Crippen molar-refractivity contribution in [3.63, 3.8) is 0 Å². The van der Waals surface area contributed by atoms with Gasteiger partial charge in [-0.15, -0.1) is 0 Å². The van der Waals surface area contributed by atoms with Crippen molar-refractivity contribution in [3.05, 3.63) is 71.3 Å². The Kier molecular flexibility index (Phi) is 5.98. The molecule has 2 aromatic rings. The number of carbonyl (C=O) groups excluding carboxylic acids is 1. The molecule has 22 heavy (non-hydrogen) atoms. The molecule has 1 atom stereocenters. The zero-order valence-corrected chi connectivity index (χ0v) is 12.8. The Balaban J connectivity index is 1.80. The van der Waals surface area contributed by atoms with Gasteiger partial charge >= 0.3 is 6.03 Å². The summed E-state index contributed by atoms with van der Waals surface area (Å²) in [5, 5.41) is 15.0. The number of benzene rings is 2. The third-order valence-electron chi connectivity index (χ3n) is 3.47. The van der Waals surface area contributed by atoms with Crippen molar-refractivity contribution in [3.8, 4) is 0 Å². The maximum absolute atomic E-state index is 11.9. The van der Waals surface area contributed by atoms with Gasteiger partial charge in [-0.1, -0.05) is 60.2 Å². The van der Waals surface area contributed by atoms with E-state index in [9.17, 15) is 9.90 Å². The molecule has 1 unspecified atom stereocenters. The summed E-state index contributed by atoms with van der Waals surface area (Å²) in [6.07, 6.45) is 0.782. The lowest BCUT2D eigenvalue weighted by Gasteiger charge is -2.17. The van der Waals surface area contributed by atoms with Crippen LogP contribution < -0.4 is 10.6 Å². The Morgan fingerprint density at radius 2 is 1.91 bits per heavy atom. The third kappa shape index (κ3) is 4.90. The van der Waals surface area contributed by atoms with E-state index < -0.39 is 0 Å². The smallest absolute Gasteiger partial charge is 0.315 e. The van der Waals surface area contributed by atoms with Gasteiger partial charge in [0.2, 0.25) is 0 Å². The largest absolute Gasteiger partial charge is 0.394 e. The summed E-state index contributed by atoms with van der Waals surface area (Å²) in [6, 6.07) is 17.0. The first-order valence-corrected chi connectivity index (χ1v) is 7.45. The Bertz CT molecular complexity index is 599. The summed E-state index contributed by atoms with van der Waals surface area (Å²) in [4.78, 5) is 11.9. The average molecular weight is 298 g/mol. The van der Waals surface area contributed by atoms with E-state index in [1.54, 1.807) is 0 Å². The Labute approximate surface area is 131 Å². The van der Waals surface area contributed by atoms with Gasteiger partial charge in [-0.3, -0.25) is 0 Å². The molecule has 0 saturated heterocycles. The Hall–Kier alpha value is -2.33. The highest BCUT2D eigenvalue weighted by atomic mass is 16.3. The Morgan fingerprint density at radius 1 is 1.14 bits per heavy atom. The second-order valence-electron chi connectivity index (χ2n) is 5.29. The average Bonchev–Trinajstić information content (AvgIpc) is 2.53. The van der Waals surface area contributed by atoms with Crippen LogP contribution in [0.1, 0.15) is 22.7 Å². The normalized spacial score (nSPS) is 11.7. The molecule has 0 heterocycles. The van der Waals surface area contributed by atoms with E-state index in [2.05, 4.69) is 29.7 Å². The highest BCUT2D eigenvalue weighted by Crippen LogP contribution is 2.11. The van der Waals surface area contributed by atoms with Crippen molar-refractivity contribution in [1.82, 2.24) is 10.6 Å². The molecule has 0 radical (unpaired) electrons. The third-order valence-corrected chi connectivity index (χ3v) is 3.47. The van der Waals surface area contributed by atoms with Gasteiger partial charge in [-0.2, -0.15) is 0 Å². The second kappa shape index (κ2) is 8.20. The van der Waals surface area contributed by atoms with Crippen LogP contribution in [0, 0.1) is 6.92 Å². The summed E-state index contributed by atoms with van der Waals surface area (Å²) < 4.78 is 0. The zero-order chi connectivity index (χ0) is 15.8. The molecule has 2 rings (SSSR count). The summed E-state index contributed by atoms with van der Waals surface area (Å²) in [5.74, 6) is 0. The molecule has 116 valence electrons. The lowest BCUT2D eigenvalue weighted by molar-refractivity contribution is 0.217. The molecule has 2 aromatic carbocycles. The number of urea groups is 1. The molecule has 0 aliphatic heterocycles. The standard InChI is InChI=1S/C18H22N2O2/c1-14-6-5-7-15(12-14)10-11-19-18(22)20-17(13-21)16-8-3-2-4-9-16/h2-9,12,17,21H,10-11,13H2,1H3,(H2,19,20,22). The summed E-state index contributed by atoms with van der Waals surface area (Å²) >= 11 is 0. The van der Waals surface area contributed by atoms with Crippen molar-refractivity contribution < 1.29 is 9.90 Å². The van der Waals surface area contributed by atoms with Crippen LogP contribution in [0.5, 0.6) is 0 Å². The first-order valence-electron chi connectivity index (χ1n) is 7.45. The van der Waals surface area contributed by atoms with Crippen molar-refractivity contribution in [1.29, 1.82) is 0 Å². The molecule has 0 fully saturated rings. The number of aryl methyl sites for hydroxylation is 1. The molecule has 0 aliphatic rings. The van der Waals surface area contributed by atoms with E-state index in [1.807, 2.05) is 42.5 Å². The molecule has 0 spiro atoms. The minimum Gasteiger partial charge on any atom is -0.394 e. The summed E-state index contributed by atoms with van der Waals surface area (Å²) in [7, 11) is 0. The Morgan fingerprint density at radius 3 is 2.59 bits per heavy atom. The quantitative estimate of drug-likeness (QED) is 0.767. The molecule has 4 heteroatoms. The van der Waals surface area contributed by atoms with Gasteiger partial charge in [0.25, 0.3) is 0 Å². The van der Waals surface area contributed by atoms with Crippen LogP contribution in [0.4, 0.5) is 4.79 Å². The fourth-order valence-electron chi connectivity index (χ4n) is 2.32. The number of amides is 2. The van der Waals surface area contributed by atoms with Crippen LogP contribution >= 0.6 is 0 Å². The molecule has 0 saturated carbocycles. The van der Waals surface area contributed by atoms with Crippen LogP contribution in [-0.4, -0.2) is 24.3 Å². The predicted octanol–water partition coefficient (Wildman–Crippen LogP) is 2.57.